The average Bonchev–Trinajstić information content (AvgIpc) is 3.25. The van der Waals surface area contributed by atoms with Crippen molar-refractivity contribution in [2.75, 3.05) is 45.8 Å². The van der Waals surface area contributed by atoms with Gasteiger partial charge in [0.2, 0.25) is 5.91 Å². The molecule has 31 heavy (non-hydrogen) atoms. The summed E-state index contributed by atoms with van der Waals surface area (Å²) in [6.45, 7) is 14.9. The summed E-state index contributed by atoms with van der Waals surface area (Å²) in [5.74, 6) is 1.10. The summed E-state index contributed by atoms with van der Waals surface area (Å²) < 4.78 is 0. The van der Waals surface area contributed by atoms with Crippen LogP contribution in [0.15, 0.2) is 24.3 Å². The highest BCUT2D eigenvalue weighted by molar-refractivity contribution is 5.94. The predicted molar refractivity (Wildman–Crippen MR) is 124 cm³/mol. The van der Waals surface area contributed by atoms with E-state index in [1.165, 1.54) is 5.56 Å². The van der Waals surface area contributed by atoms with Crippen molar-refractivity contribution in [3.8, 4) is 0 Å². The van der Waals surface area contributed by atoms with Gasteiger partial charge in [-0.1, -0.05) is 32.9 Å². The molecule has 5 nitrogen and oxygen atoms in total. The number of hydrogen-bond acceptors (Lipinski definition) is 3. The summed E-state index contributed by atoms with van der Waals surface area (Å²) in [6, 6.07) is 8.05. The molecule has 0 N–H and O–H groups in total. The third kappa shape index (κ3) is 3.79. The van der Waals surface area contributed by atoms with Crippen LogP contribution in [0.5, 0.6) is 0 Å². The number of likely N-dealkylation sites (tertiary alicyclic amines) is 3. The van der Waals surface area contributed by atoms with Crippen molar-refractivity contribution in [1.82, 2.24) is 14.7 Å². The summed E-state index contributed by atoms with van der Waals surface area (Å²) in [4.78, 5) is 33.3. The van der Waals surface area contributed by atoms with Gasteiger partial charge in [0.1, 0.15) is 0 Å². The van der Waals surface area contributed by atoms with Gasteiger partial charge < -0.3 is 14.7 Å². The van der Waals surface area contributed by atoms with Gasteiger partial charge >= 0.3 is 0 Å². The Bertz CT molecular complexity index is 810. The molecule has 0 unspecified atom stereocenters. The zero-order chi connectivity index (χ0) is 22.2. The molecular weight excluding hydrogens is 386 g/mol. The van der Waals surface area contributed by atoms with Gasteiger partial charge in [-0.15, -0.1) is 0 Å². The predicted octanol–water partition coefficient (Wildman–Crippen LogP) is 3.68. The molecule has 0 bridgehead atoms. The van der Waals surface area contributed by atoms with E-state index < -0.39 is 0 Å². The molecule has 3 aliphatic heterocycles. The van der Waals surface area contributed by atoms with Crippen LogP contribution < -0.4 is 0 Å². The number of carbonyl (C=O) groups excluding carboxylic acids is 2. The molecule has 0 aromatic heterocycles. The summed E-state index contributed by atoms with van der Waals surface area (Å²) in [5, 5.41) is 0. The lowest BCUT2D eigenvalue weighted by Gasteiger charge is -2.47. The van der Waals surface area contributed by atoms with E-state index in [1.807, 2.05) is 17.0 Å². The minimum atomic E-state index is -0.254. The highest BCUT2D eigenvalue weighted by atomic mass is 16.2. The number of carbonyl (C=O) groups is 2. The Morgan fingerprint density at radius 1 is 1.00 bits per heavy atom. The first kappa shape index (κ1) is 22.3. The highest BCUT2D eigenvalue weighted by Crippen LogP contribution is 2.57. The van der Waals surface area contributed by atoms with E-state index in [0.29, 0.717) is 11.8 Å². The Morgan fingerprint density at radius 2 is 1.68 bits per heavy atom. The first-order chi connectivity index (χ1) is 14.8. The number of rotatable bonds is 5. The summed E-state index contributed by atoms with van der Waals surface area (Å²) in [6.07, 6.45) is 3.83. The lowest BCUT2D eigenvalue weighted by atomic mass is 9.60. The van der Waals surface area contributed by atoms with Gasteiger partial charge in [-0.25, -0.2) is 0 Å². The van der Waals surface area contributed by atoms with Gasteiger partial charge in [0.15, 0.2) is 0 Å². The van der Waals surface area contributed by atoms with Gasteiger partial charge in [0, 0.05) is 56.8 Å². The van der Waals surface area contributed by atoms with Crippen molar-refractivity contribution in [3.63, 3.8) is 0 Å². The van der Waals surface area contributed by atoms with Crippen molar-refractivity contribution in [1.29, 1.82) is 0 Å². The molecule has 1 atom stereocenters. The lowest BCUT2D eigenvalue weighted by Crippen LogP contribution is -2.53. The zero-order valence-electron chi connectivity index (χ0n) is 19.8. The van der Waals surface area contributed by atoms with Crippen LogP contribution >= 0.6 is 0 Å². The van der Waals surface area contributed by atoms with Crippen molar-refractivity contribution >= 4 is 11.8 Å². The monoisotopic (exact) mass is 425 g/mol. The van der Waals surface area contributed by atoms with E-state index in [0.717, 1.165) is 77.1 Å². The number of nitrogens with zero attached hydrogens (tertiary/aromatic N) is 3. The molecule has 3 aliphatic rings. The Hall–Kier alpha value is -1.88. The Balaban J connectivity index is 1.52. The van der Waals surface area contributed by atoms with Gasteiger partial charge in [0.25, 0.3) is 5.91 Å². The molecular formula is C26H39N3O2. The van der Waals surface area contributed by atoms with Gasteiger partial charge in [-0.2, -0.15) is 0 Å². The molecule has 0 radical (unpaired) electrons. The first-order valence-electron chi connectivity index (χ1n) is 12.2. The molecule has 1 aromatic carbocycles. The first-order valence-corrected chi connectivity index (χ1v) is 12.2. The Labute approximate surface area is 187 Å². The molecule has 0 aliphatic carbocycles. The van der Waals surface area contributed by atoms with Gasteiger partial charge in [0.05, 0.1) is 5.41 Å². The Kier molecular flexibility index (Phi) is 6.17. The van der Waals surface area contributed by atoms with Crippen molar-refractivity contribution in [2.45, 2.75) is 53.4 Å². The third-order valence-electron chi connectivity index (χ3n) is 8.16. The largest absolute Gasteiger partial charge is 0.342 e. The maximum atomic E-state index is 13.6. The molecule has 3 saturated heterocycles. The Morgan fingerprint density at radius 3 is 2.23 bits per heavy atom. The highest BCUT2D eigenvalue weighted by Gasteiger charge is 2.64. The second-order valence-electron chi connectivity index (χ2n) is 10.4. The molecule has 4 rings (SSSR count). The van der Waals surface area contributed by atoms with E-state index >= 15 is 0 Å². The SMILES string of the molecule is CCc1ccc(C(=O)N2CCC3(CC2)CN(CC(C)C)C[C@]32CCN(CC)C2=O)cc1. The normalized spacial score (nSPS) is 26.0. The molecule has 170 valence electrons. The number of hydrogen-bond donors (Lipinski definition) is 0. The lowest BCUT2D eigenvalue weighted by molar-refractivity contribution is -0.141. The minimum Gasteiger partial charge on any atom is -0.342 e. The molecule has 2 amide bonds. The van der Waals surface area contributed by atoms with Crippen molar-refractivity contribution in [3.05, 3.63) is 35.4 Å². The number of amides is 2. The zero-order valence-corrected chi connectivity index (χ0v) is 19.8. The molecule has 2 spiro atoms. The fourth-order valence-electron chi connectivity index (χ4n) is 6.45. The standard InChI is InChI=1S/C26H39N3O2/c1-5-21-7-9-22(10-8-21)23(30)29-14-11-25(12-15-29)18-27(17-20(3)4)19-26(25)13-16-28(6-2)24(26)31/h7-10,20H,5-6,11-19H2,1-4H3/t26-/m0/s1. The molecule has 0 saturated carbocycles. The second kappa shape index (κ2) is 8.57. The number of piperidine rings is 1. The molecule has 1 aromatic rings. The van der Waals surface area contributed by atoms with Crippen LogP contribution in [0.25, 0.3) is 0 Å². The third-order valence-corrected chi connectivity index (χ3v) is 8.16. The van der Waals surface area contributed by atoms with E-state index in [-0.39, 0.29) is 16.7 Å². The average molecular weight is 426 g/mol. The quantitative estimate of drug-likeness (QED) is 0.723. The van der Waals surface area contributed by atoms with Crippen LogP contribution in [0.1, 0.15) is 62.9 Å². The van der Waals surface area contributed by atoms with Gasteiger partial charge in [-0.3, -0.25) is 9.59 Å². The van der Waals surface area contributed by atoms with Crippen molar-refractivity contribution in [2.24, 2.45) is 16.7 Å². The van der Waals surface area contributed by atoms with E-state index in [2.05, 4.69) is 49.6 Å². The fourth-order valence-corrected chi connectivity index (χ4v) is 6.45. The second-order valence-corrected chi connectivity index (χ2v) is 10.4. The number of aryl methyl sites for hydroxylation is 1. The van der Waals surface area contributed by atoms with Gasteiger partial charge in [-0.05, 0) is 56.2 Å². The van der Waals surface area contributed by atoms with Crippen LogP contribution in [0.2, 0.25) is 0 Å². The number of benzene rings is 1. The summed E-state index contributed by atoms with van der Waals surface area (Å²) in [7, 11) is 0. The van der Waals surface area contributed by atoms with Crippen LogP contribution in [-0.4, -0.2) is 72.3 Å². The molecule has 3 fully saturated rings. The molecule has 3 heterocycles. The topological polar surface area (TPSA) is 43.9 Å². The number of fused-ring (bicyclic) bond motifs is 1. The maximum Gasteiger partial charge on any atom is 0.253 e. The van der Waals surface area contributed by atoms with Crippen LogP contribution in [0.3, 0.4) is 0 Å². The van der Waals surface area contributed by atoms with E-state index in [9.17, 15) is 9.59 Å². The van der Waals surface area contributed by atoms with E-state index in [1.54, 1.807) is 0 Å². The minimum absolute atomic E-state index is 0.00570. The fraction of sp³-hybridized carbons (Fsp3) is 0.692. The summed E-state index contributed by atoms with van der Waals surface area (Å²) in [5.41, 5.74) is 1.79. The van der Waals surface area contributed by atoms with Crippen molar-refractivity contribution < 1.29 is 9.59 Å². The van der Waals surface area contributed by atoms with Crippen LogP contribution in [0.4, 0.5) is 0 Å². The van der Waals surface area contributed by atoms with Crippen LogP contribution in [-0.2, 0) is 11.2 Å². The van der Waals surface area contributed by atoms with E-state index in [4.69, 9.17) is 0 Å². The van der Waals surface area contributed by atoms with Crippen LogP contribution in [0, 0.1) is 16.7 Å². The molecule has 5 heteroatoms. The smallest absolute Gasteiger partial charge is 0.253 e. The summed E-state index contributed by atoms with van der Waals surface area (Å²) >= 11 is 0. The maximum absolute atomic E-state index is 13.6.